The molecule has 1 aromatic carbocycles. The summed E-state index contributed by atoms with van der Waals surface area (Å²) in [6, 6.07) is 5.18. The number of nitrogens with one attached hydrogen (secondary N) is 1. The Morgan fingerprint density at radius 3 is 2.87 bits per heavy atom. The molecule has 1 N–H and O–H groups in total. The molecular weight excluding hydrogens is 324 g/mol. The molecule has 0 aliphatic rings. The minimum atomic E-state index is -0.138. The highest BCUT2D eigenvalue weighted by Gasteiger charge is 2.08. The van der Waals surface area contributed by atoms with Gasteiger partial charge in [0.15, 0.2) is 0 Å². The Bertz CT molecular complexity index is 392. The van der Waals surface area contributed by atoms with Crippen LogP contribution in [-0.4, -0.2) is 11.9 Å². The molecule has 0 bridgehead atoms. The summed E-state index contributed by atoms with van der Waals surface area (Å²) in [5.74, 6) is -0.138. The average Bonchev–Trinajstić information content (AvgIpc) is 2.21. The van der Waals surface area contributed by atoms with Crippen molar-refractivity contribution in [2.75, 3.05) is 0 Å². The molecule has 1 unspecified atom stereocenters. The number of carbonyl (C=O) groups is 1. The number of rotatable bonds is 3. The molecule has 0 fully saturated rings. The van der Waals surface area contributed by atoms with E-state index in [9.17, 15) is 4.79 Å². The molecule has 0 aliphatic heterocycles. The summed E-state index contributed by atoms with van der Waals surface area (Å²) in [7, 11) is 0. The zero-order valence-electron chi connectivity index (χ0n) is 8.26. The van der Waals surface area contributed by atoms with Gasteiger partial charge < -0.3 is 5.32 Å². The fourth-order valence-corrected chi connectivity index (χ4v) is 1.50. The minimum Gasteiger partial charge on any atom is -0.346 e. The molecule has 0 spiro atoms. The van der Waals surface area contributed by atoms with Gasteiger partial charge in [-0.25, -0.2) is 0 Å². The van der Waals surface area contributed by atoms with Gasteiger partial charge in [0.2, 0.25) is 0 Å². The standard InChI is InChI=1S/C11H11ClINO/c1-3-7(2)14-11(15)8-4-5-10(13)9(12)6-8/h3-7H,1H2,2H3,(H,14,15). The zero-order chi connectivity index (χ0) is 11.4. The summed E-state index contributed by atoms with van der Waals surface area (Å²) >= 11 is 8.04. The lowest BCUT2D eigenvalue weighted by atomic mass is 10.2. The Hall–Kier alpha value is -0.550. The number of carbonyl (C=O) groups excluding carboxylic acids is 1. The van der Waals surface area contributed by atoms with Gasteiger partial charge in [0.1, 0.15) is 0 Å². The van der Waals surface area contributed by atoms with Crippen molar-refractivity contribution in [3.63, 3.8) is 0 Å². The van der Waals surface area contributed by atoms with Gasteiger partial charge in [-0.2, -0.15) is 0 Å². The lowest BCUT2D eigenvalue weighted by molar-refractivity contribution is 0.0947. The van der Waals surface area contributed by atoms with Crippen molar-refractivity contribution in [2.24, 2.45) is 0 Å². The summed E-state index contributed by atoms with van der Waals surface area (Å²) in [6.45, 7) is 5.46. The third-order valence-corrected chi connectivity index (χ3v) is 3.47. The molecule has 0 saturated carbocycles. The highest BCUT2D eigenvalue weighted by atomic mass is 127. The first-order chi connectivity index (χ1) is 7.04. The molecular formula is C11H11ClINO. The fourth-order valence-electron chi connectivity index (χ4n) is 0.986. The van der Waals surface area contributed by atoms with Crippen LogP contribution >= 0.6 is 34.2 Å². The van der Waals surface area contributed by atoms with Crippen molar-refractivity contribution in [2.45, 2.75) is 13.0 Å². The maximum absolute atomic E-state index is 11.7. The van der Waals surface area contributed by atoms with E-state index in [1.165, 1.54) is 0 Å². The molecule has 0 saturated heterocycles. The molecule has 1 amide bonds. The van der Waals surface area contributed by atoms with E-state index in [0.717, 1.165) is 3.57 Å². The van der Waals surface area contributed by atoms with E-state index < -0.39 is 0 Å². The van der Waals surface area contributed by atoms with Crippen LogP contribution in [0.1, 0.15) is 17.3 Å². The van der Waals surface area contributed by atoms with E-state index in [4.69, 9.17) is 11.6 Å². The van der Waals surface area contributed by atoms with Crippen LogP contribution in [0.3, 0.4) is 0 Å². The number of hydrogen-bond acceptors (Lipinski definition) is 1. The van der Waals surface area contributed by atoms with Crippen LogP contribution < -0.4 is 5.32 Å². The van der Waals surface area contributed by atoms with E-state index in [2.05, 4.69) is 34.5 Å². The number of hydrogen-bond donors (Lipinski definition) is 1. The molecule has 0 heterocycles. The third kappa shape index (κ3) is 3.50. The number of amides is 1. The van der Waals surface area contributed by atoms with Crippen LogP contribution in [0, 0.1) is 3.57 Å². The average molecular weight is 336 g/mol. The van der Waals surface area contributed by atoms with Crippen LogP contribution in [0.4, 0.5) is 0 Å². The zero-order valence-corrected chi connectivity index (χ0v) is 11.2. The molecule has 2 nitrogen and oxygen atoms in total. The first-order valence-corrected chi connectivity index (χ1v) is 5.88. The lowest BCUT2D eigenvalue weighted by Crippen LogP contribution is -2.30. The molecule has 1 aromatic rings. The van der Waals surface area contributed by atoms with Gasteiger partial charge >= 0.3 is 0 Å². The van der Waals surface area contributed by atoms with E-state index >= 15 is 0 Å². The Morgan fingerprint density at radius 1 is 1.67 bits per heavy atom. The third-order valence-electron chi connectivity index (χ3n) is 1.89. The van der Waals surface area contributed by atoms with E-state index in [0.29, 0.717) is 10.6 Å². The Balaban J connectivity index is 2.83. The fraction of sp³-hybridized carbons (Fsp3) is 0.182. The highest BCUT2D eigenvalue weighted by Crippen LogP contribution is 2.19. The smallest absolute Gasteiger partial charge is 0.251 e. The molecule has 0 aliphatic carbocycles. The second-order valence-corrected chi connectivity index (χ2v) is 4.70. The second-order valence-electron chi connectivity index (χ2n) is 3.13. The van der Waals surface area contributed by atoms with Gasteiger partial charge in [0.05, 0.1) is 5.02 Å². The quantitative estimate of drug-likeness (QED) is 0.667. The predicted octanol–water partition coefficient (Wildman–Crippen LogP) is 3.25. The molecule has 0 aromatic heterocycles. The van der Waals surface area contributed by atoms with E-state index in [-0.39, 0.29) is 11.9 Å². The van der Waals surface area contributed by atoms with Crippen LogP contribution in [0.25, 0.3) is 0 Å². The van der Waals surface area contributed by atoms with Crippen molar-refractivity contribution in [1.82, 2.24) is 5.32 Å². The molecule has 15 heavy (non-hydrogen) atoms. The first kappa shape index (κ1) is 12.5. The number of benzene rings is 1. The molecule has 0 radical (unpaired) electrons. The summed E-state index contributed by atoms with van der Waals surface area (Å²) in [5.41, 5.74) is 0.564. The minimum absolute atomic E-state index is 0.0458. The van der Waals surface area contributed by atoms with Crippen LogP contribution in [0.5, 0.6) is 0 Å². The summed E-state index contributed by atoms with van der Waals surface area (Å²) in [6.07, 6.45) is 1.67. The molecule has 80 valence electrons. The Morgan fingerprint density at radius 2 is 2.33 bits per heavy atom. The maximum Gasteiger partial charge on any atom is 0.251 e. The summed E-state index contributed by atoms with van der Waals surface area (Å²) < 4.78 is 0.933. The van der Waals surface area contributed by atoms with Gasteiger partial charge in [-0.3, -0.25) is 4.79 Å². The van der Waals surface area contributed by atoms with E-state index in [1.54, 1.807) is 18.2 Å². The van der Waals surface area contributed by atoms with Crippen LogP contribution in [0.15, 0.2) is 30.9 Å². The SMILES string of the molecule is C=CC(C)NC(=O)c1ccc(I)c(Cl)c1. The lowest BCUT2D eigenvalue weighted by Gasteiger charge is -2.09. The van der Waals surface area contributed by atoms with Crippen molar-refractivity contribution in [3.05, 3.63) is 45.0 Å². The van der Waals surface area contributed by atoms with Crippen molar-refractivity contribution in [1.29, 1.82) is 0 Å². The number of halogens is 2. The van der Waals surface area contributed by atoms with Crippen molar-refractivity contribution >= 4 is 40.1 Å². The van der Waals surface area contributed by atoms with E-state index in [1.807, 2.05) is 13.0 Å². The van der Waals surface area contributed by atoms with Gasteiger partial charge in [-0.05, 0) is 47.7 Å². The molecule has 4 heteroatoms. The first-order valence-electron chi connectivity index (χ1n) is 4.43. The van der Waals surface area contributed by atoms with Crippen LogP contribution in [-0.2, 0) is 0 Å². The van der Waals surface area contributed by atoms with Gasteiger partial charge in [0, 0.05) is 15.2 Å². The Kier molecular flexibility index (Phi) is 4.60. The molecule has 1 rings (SSSR count). The topological polar surface area (TPSA) is 29.1 Å². The maximum atomic E-state index is 11.7. The summed E-state index contributed by atoms with van der Waals surface area (Å²) in [5, 5.41) is 3.37. The van der Waals surface area contributed by atoms with Gasteiger partial charge in [-0.1, -0.05) is 17.7 Å². The highest BCUT2D eigenvalue weighted by molar-refractivity contribution is 14.1. The summed E-state index contributed by atoms with van der Waals surface area (Å²) in [4.78, 5) is 11.7. The van der Waals surface area contributed by atoms with Crippen LogP contribution in [0.2, 0.25) is 5.02 Å². The van der Waals surface area contributed by atoms with Crippen molar-refractivity contribution < 1.29 is 4.79 Å². The monoisotopic (exact) mass is 335 g/mol. The normalized spacial score (nSPS) is 11.9. The Labute approximate surface area is 108 Å². The van der Waals surface area contributed by atoms with Gasteiger partial charge in [-0.15, -0.1) is 6.58 Å². The van der Waals surface area contributed by atoms with Crippen molar-refractivity contribution in [3.8, 4) is 0 Å². The largest absolute Gasteiger partial charge is 0.346 e. The second kappa shape index (κ2) is 5.51. The molecule has 1 atom stereocenters. The van der Waals surface area contributed by atoms with Gasteiger partial charge in [0.25, 0.3) is 5.91 Å². The predicted molar refractivity (Wildman–Crippen MR) is 71.3 cm³/mol.